The number of anilines is 1. The van der Waals surface area contributed by atoms with Crippen LogP contribution in [0.2, 0.25) is 0 Å². The molecule has 0 spiro atoms. The number of hydrogen-bond donors (Lipinski definition) is 2. The number of benzene rings is 1. The van der Waals surface area contributed by atoms with E-state index in [4.69, 9.17) is 4.74 Å². The summed E-state index contributed by atoms with van der Waals surface area (Å²) in [7, 11) is -3.12. The third kappa shape index (κ3) is 6.66. The van der Waals surface area contributed by atoms with E-state index in [-0.39, 0.29) is 29.5 Å². The molecule has 1 aliphatic heterocycles. The van der Waals surface area contributed by atoms with E-state index in [0.29, 0.717) is 23.5 Å². The lowest BCUT2D eigenvalue weighted by Crippen LogP contribution is -2.32. The fourth-order valence-corrected chi connectivity index (χ4v) is 5.30. The Labute approximate surface area is 199 Å². The molecule has 2 heterocycles. The second kappa shape index (κ2) is 9.96. The van der Waals surface area contributed by atoms with Crippen LogP contribution in [0, 0.1) is 6.92 Å². The van der Waals surface area contributed by atoms with Crippen LogP contribution in [0.1, 0.15) is 54.8 Å². The largest absolute Gasteiger partial charge is 0.454 e. The van der Waals surface area contributed by atoms with Crippen LogP contribution in [-0.2, 0) is 29.6 Å². The maximum atomic E-state index is 12.3. The number of rotatable bonds is 7. The lowest BCUT2D eigenvalue weighted by molar-refractivity contribution is -0.146. The molecule has 1 saturated heterocycles. The lowest BCUT2D eigenvalue weighted by atomic mass is 9.87. The summed E-state index contributed by atoms with van der Waals surface area (Å²) in [5.41, 5.74) is 2.08. The fraction of sp³-hybridized carbons (Fsp3) is 0.478. The molecule has 1 atom stereocenters. The molecule has 2 amide bonds. The number of aryl methyl sites for hydroxylation is 1. The highest BCUT2D eigenvalue weighted by Gasteiger charge is 2.31. The number of nitrogens with one attached hydrogen (secondary N) is 2. The number of hydrogen-bond acceptors (Lipinski definition) is 7. The van der Waals surface area contributed by atoms with Gasteiger partial charge >= 0.3 is 5.97 Å². The summed E-state index contributed by atoms with van der Waals surface area (Å²) in [5, 5.41) is 9.36. The van der Waals surface area contributed by atoms with Gasteiger partial charge in [0.25, 0.3) is 11.8 Å². The fourth-order valence-electron chi connectivity index (χ4n) is 3.61. The molecule has 11 heteroatoms. The Morgan fingerprint density at radius 2 is 1.85 bits per heavy atom. The van der Waals surface area contributed by atoms with Crippen LogP contribution >= 0.6 is 0 Å². The molecule has 1 aromatic carbocycles. The van der Waals surface area contributed by atoms with Crippen LogP contribution in [0.4, 0.5) is 5.82 Å². The first-order valence-electron chi connectivity index (χ1n) is 10.9. The Kier molecular flexibility index (Phi) is 7.44. The van der Waals surface area contributed by atoms with Crippen molar-refractivity contribution >= 4 is 33.4 Å². The topological polar surface area (TPSA) is 136 Å². The number of carbonyl (C=O) groups is 3. The minimum Gasteiger partial charge on any atom is -0.454 e. The van der Waals surface area contributed by atoms with Crippen LogP contribution < -0.4 is 10.6 Å². The molecule has 10 nitrogen and oxygen atoms in total. The van der Waals surface area contributed by atoms with E-state index in [0.717, 1.165) is 5.56 Å². The first-order chi connectivity index (χ1) is 15.8. The normalized spacial score (nSPS) is 17.2. The van der Waals surface area contributed by atoms with Crippen LogP contribution in [0.5, 0.6) is 0 Å². The van der Waals surface area contributed by atoms with Crippen molar-refractivity contribution in [2.24, 2.45) is 0 Å². The predicted octanol–water partition coefficient (Wildman–Crippen LogP) is 1.76. The molecular formula is C23H30N4O6S. The summed E-state index contributed by atoms with van der Waals surface area (Å²) in [6.07, 6.45) is 0.417. The minimum atomic E-state index is -3.12. The quantitative estimate of drug-likeness (QED) is 0.564. The van der Waals surface area contributed by atoms with Crippen molar-refractivity contribution in [3.63, 3.8) is 0 Å². The number of nitrogens with zero attached hydrogens (tertiary/aromatic N) is 2. The number of sulfone groups is 1. The van der Waals surface area contributed by atoms with Gasteiger partial charge in [-0.3, -0.25) is 14.4 Å². The minimum absolute atomic E-state index is 0.0371. The Morgan fingerprint density at radius 1 is 1.18 bits per heavy atom. The molecule has 1 fully saturated rings. The summed E-state index contributed by atoms with van der Waals surface area (Å²) in [4.78, 5) is 36.5. The third-order valence-corrected chi connectivity index (χ3v) is 7.20. The highest BCUT2D eigenvalue weighted by atomic mass is 32.2. The number of amides is 2. The van der Waals surface area contributed by atoms with Crippen LogP contribution in [0.15, 0.2) is 30.3 Å². The Morgan fingerprint density at radius 3 is 2.44 bits per heavy atom. The molecule has 184 valence electrons. The first kappa shape index (κ1) is 25.4. The summed E-state index contributed by atoms with van der Waals surface area (Å²) in [5.74, 6) is -1.40. The summed E-state index contributed by atoms with van der Waals surface area (Å²) in [6.45, 7) is 7.01. The van der Waals surface area contributed by atoms with Crippen molar-refractivity contribution in [3.8, 4) is 0 Å². The lowest BCUT2D eigenvalue weighted by Gasteiger charge is -2.19. The SMILES string of the molecule is Cc1cc(NC(=O)COC(=O)CNC(=O)c2ccc(C(C)(C)C)cc2)n(C2CCS(=O)(=O)C2)n1. The van der Waals surface area contributed by atoms with Crippen LogP contribution in [-0.4, -0.2) is 60.6 Å². The maximum Gasteiger partial charge on any atom is 0.325 e. The molecule has 0 radical (unpaired) electrons. The van der Waals surface area contributed by atoms with E-state index in [9.17, 15) is 22.8 Å². The number of carbonyl (C=O) groups excluding carboxylic acids is 3. The standard InChI is InChI=1S/C23H30N4O6S/c1-15-11-19(27(26-15)18-9-10-34(31,32)14-18)25-20(28)13-33-21(29)12-24-22(30)16-5-7-17(8-6-16)23(2,3)4/h5-8,11,18H,9-10,12-14H2,1-4H3,(H,24,30)(H,25,28). The average Bonchev–Trinajstić information content (AvgIpc) is 3.30. The monoisotopic (exact) mass is 490 g/mol. The van der Waals surface area contributed by atoms with Gasteiger partial charge in [-0.15, -0.1) is 0 Å². The Bertz CT molecular complexity index is 1180. The second-order valence-corrected chi connectivity index (χ2v) is 11.6. The van der Waals surface area contributed by atoms with Gasteiger partial charge in [0, 0.05) is 11.6 Å². The van der Waals surface area contributed by atoms with Gasteiger partial charge in [-0.05, 0) is 36.5 Å². The highest BCUT2D eigenvalue weighted by molar-refractivity contribution is 7.91. The average molecular weight is 491 g/mol. The zero-order valence-corrected chi connectivity index (χ0v) is 20.6. The number of esters is 1. The van der Waals surface area contributed by atoms with Gasteiger partial charge in [-0.25, -0.2) is 13.1 Å². The molecule has 0 aliphatic carbocycles. The van der Waals surface area contributed by atoms with Crippen molar-refractivity contribution in [1.29, 1.82) is 0 Å². The highest BCUT2D eigenvalue weighted by Crippen LogP contribution is 2.27. The van der Waals surface area contributed by atoms with Gasteiger partial charge in [0.05, 0.1) is 23.2 Å². The van der Waals surface area contributed by atoms with Gasteiger partial charge in [0.15, 0.2) is 16.4 Å². The Hall–Kier alpha value is -3.21. The van der Waals surface area contributed by atoms with Gasteiger partial charge in [-0.2, -0.15) is 5.10 Å². The molecule has 34 heavy (non-hydrogen) atoms. The molecule has 1 aliphatic rings. The van der Waals surface area contributed by atoms with Crippen molar-refractivity contribution < 1.29 is 27.5 Å². The Balaban J connectivity index is 1.47. The molecule has 0 saturated carbocycles. The molecule has 3 rings (SSSR count). The van der Waals surface area contributed by atoms with Crippen LogP contribution in [0.3, 0.4) is 0 Å². The van der Waals surface area contributed by atoms with E-state index in [2.05, 4.69) is 36.5 Å². The zero-order chi connectivity index (χ0) is 25.1. The van der Waals surface area contributed by atoms with Crippen molar-refractivity contribution in [1.82, 2.24) is 15.1 Å². The third-order valence-electron chi connectivity index (χ3n) is 5.45. The second-order valence-electron chi connectivity index (χ2n) is 9.39. The summed E-state index contributed by atoms with van der Waals surface area (Å²) < 4.78 is 30.0. The summed E-state index contributed by atoms with van der Waals surface area (Å²) >= 11 is 0. The van der Waals surface area contributed by atoms with Gasteiger partial charge in [0.2, 0.25) is 0 Å². The maximum absolute atomic E-state index is 12.3. The van der Waals surface area contributed by atoms with Crippen molar-refractivity contribution in [2.45, 2.75) is 45.6 Å². The van der Waals surface area contributed by atoms with Gasteiger partial charge in [-0.1, -0.05) is 32.9 Å². The van der Waals surface area contributed by atoms with E-state index in [1.807, 2.05) is 12.1 Å². The van der Waals surface area contributed by atoms with Gasteiger partial charge in [0.1, 0.15) is 12.4 Å². The van der Waals surface area contributed by atoms with E-state index in [1.165, 1.54) is 4.68 Å². The molecule has 2 N–H and O–H groups in total. The molecule has 1 aromatic heterocycles. The van der Waals surface area contributed by atoms with Gasteiger partial charge < -0.3 is 15.4 Å². The molecular weight excluding hydrogens is 460 g/mol. The zero-order valence-electron chi connectivity index (χ0n) is 19.8. The van der Waals surface area contributed by atoms with E-state index in [1.54, 1.807) is 25.1 Å². The molecule has 2 aromatic rings. The van der Waals surface area contributed by atoms with Crippen molar-refractivity contribution in [2.75, 3.05) is 30.0 Å². The molecule has 1 unspecified atom stereocenters. The number of ether oxygens (including phenoxy) is 1. The smallest absolute Gasteiger partial charge is 0.325 e. The van der Waals surface area contributed by atoms with E-state index < -0.39 is 34.2 Å². The predicted molar refractivity (Wildman–Crippen MR) is 126 cm³/mol. The van der Waals surface area contributed by atoms with E-state index >= 15 is 0 Å². The van der Waals surface area contributed by atoms with Crippen molar-refractivity contribution in [3.05, 3.63) is 47.2 Å². The molecule has 0 bridgehead atoms. The summed E-state index contributed by atoms with van der Waals surface area (Å²) in [6, 6.07) is 8.38. The first-order valence-corrected chi connectivity index (χ1v) is 12.8. The van der Waals surface area contributed by atoms with Crippen LogP contribution in [0.25, 0.3) is 0 Å². The number of aromatic nitrogens is 2.